The molecule has 192 valence electrons. The SMILES string of the molecule is CCNS(=O)(=O)c1cc2c(c([N+](=O)[O-])c1)-c1c(cc(S(=O)(=O)NCC)cc1[N+](=O)[O-])C2=NNC(N)=O. The fraction of sp³-hybridized carbons (Fsp3) is 0.222. The summed E-state index contributed by atoms with van der Waals surface area (Å²) in [5, 5.41) is 27.7. The number of nitro benzene ring substituents is 2. The largest absolute Gasteiger partial charge is 0.350 e. The number of carbonyl (C=O) groups excluding carboxylic acids is 1. The maximum atomic E-state index is 12.6. The monoisotopic (exact) mass is 541 g/mol. The number of amides is 2. The van der Waals surface area contributed by atoms with Crippen LogP contribution in [0.1, 0.15) is 25.0 Å². The number of sulfonamides is 2. The molecule has 18 heteroatoms. The highest BCUT2D eigenvalue weighted by Crippen LogP contribution is 2.49. The van der Waals surface area contributed by atoms with Crippen molar-refractivity contribution in [3.05, 3.63) is 55.6 Å². The minimum Gasteiger partial charge on any atom is -0.350 e. The highest BCUT2D eigenvalue weighted by atomic mass is 32.2. The molecule has 5 N–H and O–H groups in total. The molecule has 0 saturated carbocycles. The van der Waals surface area contributed by atoms with E-state index < -0.39 is 57.1 Å². The van der Waals surface area contributed by atoms with E-state index in [4.69, 9.17) is 5.73 Å². The van der Waals surface area contributed by atoms with Gasteiger partial charge in [-0.2, -0.15) is 5.10 Å². The number of nitrogens with one attached hydrogen (secondary N) is 3. The van der Waals surface area contributed by atoms with Gasteiger partial charge in [-0.1, -0.05) is 13.8 Å². The highest BCUT2D eigenvalue weighted by Gasteiger charge is 2.40. The van der Waals surface area contributed by atoms with E-state index in [-0.39, 0.29) is 41.1 Å². The Labute approximate surface area is 204 Å². The van der Waals surface area contributed by atoms with E-state index >= 15 is 0 Å². The first-order valence-corrected chi connectivity index (χ1v) is 13.0. The number of nitro groups is 2. The lowest BCUT2D eigenvalue weighted by Gasteiger charge is -2.09. The first-order chi connectivity index (χ1) is 16.7. The van der Waals surface area contributed by atoms with E-state index in [9.17, 15) is 41.9 Å². The smallest absolute Gasteiger partial charge is 0.332 e. The van der Waals surface area contributed by atoms with Crippen molar-refractivity contribution in [2.24, 2.45) is 10.8 Å². The topological polar surface area (TPSA) is 246 Å². The fourth-order valence-corrected chi connectivity index (χ4v) is 5.80. The lowest BCUT2D eigenvalue weighted by atomic mass is 10.0. The highest BCUT2D eigenvalue weighted by molar-refractivity contribution is 7.89. The van der Waals surface area contributed by atoms with Gasteiger partial charge in [-0.15, -0.1) is 0 Å². The van der Waals surface area contributed by atoms with Crippen molar-refractivity contribution >= 4 is 43.2 Å². The number of benzene rings is 2. The molecule has 2 aromatic carbocycles. The number of nitrogens with two attached hydrogens (primary N) is 1. The average molecular weight is 542 g/mol. The standard InChI is InChI=1S/C18H19N7O9S2/c1-3-20-35(31,32)9-5-11-15(13(7-9)24(27)28)16-12(17(11)22-23-18(19)26)6-10(8-14(16)25(29)30)36(33,34)21-4-2/h5-8,20-21H,3-4H2,1-2H3,(H3,19,23,26). The summed E-state index contributed by atoms with van der Waals surface area (Å²) in [6.07, 6.45) is 0. The van der Waals surface area contributed by atoms with Gasteiger partial charge in [-0.05, 0) is 12.1 Å². The number of hydrogen-bond acceptors (Lipinski definition) is 10. The Morgan fingerprint density at radius 2 is 1.25 bits per heavy atom. The summed E-state index contributed by atoms with van der Waals surface area (Å²) in [5.41, 5.74) is 3.64. The molecular formula is C18H19N7O9S2. The van der Waals surface area contributed by atoms with Crippen LogP contribution >= 0.6 is 0 Å². The molecule has 0 atom stereocenters. The van der Waals surface area contributed by atoms with Crippen LogP contribution in [0.2, 0.25) is 0 Å². The van der Waals surface area contributed by atoms with Crippen LogP contribution in [0.15, 0.2) is 39.2 Å². The summed E-state index contributed by atoms with van der Waals surface area (Å²) in [5.74, 6) is 0. The Balaban J connectivity index is 2.53. The zero-order valence-electron chi connectivity index (χ0n) is 18.6. The van der Waals surface area contributed by atoms with Gasteiger partial charge in [0.1, 0.15) is 0 Å². The first kappa shape index (κ1) is 26.6. The molecule has 0 aromatic heterocycles. The van der Waals surface area contributed by atoms with Gasteiger partial charge in [-0.25, -0.2) is 36.5 Å². The summed E-state index contributed by atoms with van der Waals surface area (Å²) in [6.45, 7) is 2.87. The predicted molar refractivity (Wildman–Crippen MR) is 125 cm³/mol. The molecule has 3 rings (SSSR count). The number of urea groups is 1. The number of primary amides is 1. The molecule has 36 heavy (non-hydrogen) atoms. The molecule has 0 saturated heterocycles. The van der Waals surface area contributed by atoms with Crippen molar-refractivity contribution in [1.82, 2.24) is 14.9 Å². The van der Waals surface area contributed by atoms with Crippen LogP contribution in [0.5, 0.6) is 0 Å². The van der Waals surface area contributed by atoms with Crippen molar-refractivity contribution < 1.29 is 31.5 Å². The summed E-state index contributed by atoms with van der Waals surface area (Å²) >= 11 is 0. The fourth-order valence-electron chi connectivity index (χ4n) is 3.62. The second-order valence-corrected chi connectivity index (χ2v) is 10.7. The molecule has 0 radical (unpaired) electrons. The second-order valence-electron chi connectivity index (χ2n) is 7.18. The first-order valence-electron chi connectivity index (χ1n) is 10.0. The van der Waals surface area contributed by atoms with Crippen molar-refractivity contribution in [3.8, 4) is 11.1 Å². The lowest BCUT2D eigenvalue weighted by Crippen LogP contribution is -2.26. The molecule has 0 bridgehead atoms. The average Bonchev–Trinajstić information content (AvgIpc) is 3.09. The molecule has 0 spiro atoms. The molecule has 0 fully saturated rings. The lowest BCUT2D eigenvalue weighted by molar-refractivity contribution is -0.386. The third kappa shape index (κ3) is 4.73. The molecule has 1 aliphatic carbocycles. The Hall–Kier alpha value is -4.00. The van der Waals surface area contributed by atoms with Crippen LogP contribution in [-0.2, 0) is 20.0 Å². The zero-order valence-corrected chi connectivity index (χ0v) is 20.3. The quantitative estimate of drug-likeness (QED) is 0.217. The normalized spacial score (nSPS) is 12.6. The maximum absolute atomic E-state index is 12.6. The molecule has 2 aromatic rings. The molecule has 16 nitrogen and oxygen atoms in total. The molecule has 0 unspecified atom stereocenters. The number of fused-ring (bicyclic) bond motifs is 3. The van der Waals surface area contributed by atoms with E-state index in [0.717, 1.165) is 24.3 Å². The van der Waals surface area contributed by atoms with Gasteiger partial charge in [0.25, 0.3) is 11.4 Å². The van der Waals surface area contributed by atoms with Crippen LogP contribution in [0.25, 0.3) is 11.1 Å². The van der Waals surface area contributed by atoms with Crippen LogP contribution in [0.4, 0.5) is 16.2 Å². The number of nitrogens with zero attached hydrogens (tertiary/aromatic N) is 3. The minimum atomic E-state index is -4.26. The predicted octanol–water partition coefficient (Wildman–Crippen LogP) is 0.500. The van der Waals surface area contributed by atoms with Gasteiger partial charge in [0, 0.05) is 36.3 Å². The number of hydrazone groups is 1. The second kappa shape index (κ2) is 9.57. The third-order valence-corrected chi connectivity index (χ3v) is 7.95. The minimum absolute atomic E-state index is 0.0469. The zero-order chi connectivity index (χ0) is 27.0. The van der Waals surface area contributed by atoms with E-state index in [1.54, 1.807) is 0 Å². The van der Waals surface area contributed by atoms with Crippen LogP contribution in [0, 0.1) is 20.2 Å². The molecule has 1 aliphatic rings. The van der Waals surface area contributed by atoms with Gasteiger partial charge in [0.05, 0.1) is 36.5 Å². The van der Waals surface area contributed by atoms with Gasteiger partial charge < -0.3 is 5.73 Å². The van der Waals surface area contributed by atoms with E-state index in [2.05, 4.69) is 14.5 Å². The van der Waals surface area contributed by atoms with Gasteiger partial charge in [0.2, 0.25) is 20.0 Å². The summed E-state index contributed by atoms with van der Waals surface area (Å²) in [4.78, 5) is 32.2. The summed E-state index contributed by atoms with van der Waals surface area (Å²) in [6, 6.07) is 2.22. The summed E-state index contributed by atoms with van der Waals surface area (Å²) in [7, 11) is -8.51. The number of carbonyl (C=O) groups is 1. The van der Waals surface area contributed by atoms with Crippen molar-refractivity contribution in [3.63, 3.8) is 0 Å². The maximum Gasteiger partial charge on any atom is 0.332 e. The van der Waals surface area contributed by atoms with Gasteiger partial charge >= 0.3 is 6.03 Å². The third-order valence-electron chi connectivity index (χ3n) is 4.90. The van der Waals surface area contributed by atoms with Crippen molar-refractivity contribution in [2.75, 3.05) is 13.1 Å². The Morgan fingerprint density at radius 3 is 1.56 bits per heavy atom. The Bertz CT molecular complexity index is 1450. The van der Waals surface area contributed by atoms with E-state index in [0.29, 0.717) is 0 Å². The summed E-state index contributed by atoms with van der Waals surface area (Å²) < 4.78 is 54.9. The van der Waals surface area contributed by atoms with Gasteiger partial charge in [-0.3, -0.25) is 20.2 Å². The Morgan fingerprint density at radius 1 is 0.861 bits per heavy atom. The van der Waals surface area contributed by atoms with E-state index in [1.807, 2.05) is 5.43 Å². The van der Waals surface area contributed by atoms with E-state index in [1.165, 1.54) is 13.8 Å². The number of hydrogen-bond donors (Lipinski definition) is 4. The van der Waals surface area contributed by atoms with Crippen molar-refractivity contribution in [2.45, 2.75) is 23.6 Å². The molecule has 2 amide bonds. The van der Waals surface area contributed by atoms with Crippen LogP contribution in [0.3, 0.4) is 0 Å². The van der Waals surface area contributed by atoms with Gasteiger partial charge in [0.15, 0.2) is 0 Å². The Kier molecular flexibility index (Phi) is 7.07. The number of rotatable bonds is 9. The van der Waals surface area contributed by atoms with Crippen LogP contribution in [-0.4, -0.2) is 51.5 Å². The molecule has 0 aliphatic heterocycles. The molecule has 0 heterocycles. The molecular weight excluding hydrogens is 522 g/mol. The van der Waals surface area contributed by atoms with Crippen LogP contribution < -0.4 is 20.6 Å². The van der Waals surface area contributed by atoms with Crippen molar-refractivity contribution in [1.29, 1.82) is 0 Å².